The number of benzene rings is 2. The molecular weight excluding hydrogens is 516 g/mol. The van der Waals surface area contributed by atoms with E-state index in [9.17, 15) is 23.1 Å². The molecule has 1 heterocycles. The van der Waals surface area contributed by atoms with Gasteiger partial charge in [0.25, 0.3) is 10.0 Å². The molecule has 0 radical (unpaired) electrons. The number of hydrogen-bond acceptors (Lipinski definition) is 5. The predicted molar refractivity (Wildman–Crippen MR) is 151 cm³/mol. The number of rotatable bonds is 7. The van der Waals surface area contributed by atoms with Gasteiger partial charge in [0, 0.05) is 19.2 Å². The van der Waals surface area contributed by atoms with Crippen molar-refractivity contribution >= 4 is 33.5 Å². The standard InChI is InChI=1S/C29H32N4O5S/c1-21(33(28(35)36)20-29(2,3)4)27(34)31-26-19-18-25(24(30-26)17-16-22-12-8-6-9-13-22)32(5)39(37,38)23-14-10-7-11-15-23/h6-15,18-19,21H,20H2,1-5H3,(H,35,36)(H,30,31,34). The van der Waals surface area contributed by atoms with Gasteiger partial charge in [0.05, 0.1) is 10.6 Å². The molecule has 1 unspecified atom stereocenters. The van der Waals surface area contributed by atoms with Crippen LogP contribution in [0.5, 0.6) is 0 Å². The van der Waals surface area contributed by atoms with Crippen molar-refractivity contribution in [2.75, 3.05) is 23.2 Å². The van der Waals surface area contributed by atoms with Crippen LogP contribution >= 0.6 is 0 Å². The van der Waals surface area contributed by atoms with Crippen LogP contribution in [-0.2, 0) is 14.8 Å². The molecule has 3 rings (SSSR count). The van der Waals surface area contributed by atoms with E-state index in [-0.39, 0.29) is 34.1 Å². The lowest BCUT2D eigenvalue weighted by Gasteiger charge is -2.31. The first-order chi connectivity index (χ1) is 18.3. The Hall–Kier alpha value is -4.36. The molecule has 0 spiro atoms. The molecule has 10 heteroatoms. The van der Waals surface area contributed by atoms with Gasteiger partial charge in [-0.15, -0.1) is 0 Å². The van der Waals surface area contributed by atoms with Crippen LogP contribution in [0.1, 0.15) is 39.0 Å². The minimum absolute atomic E-state index is 0.105. The fourth-order valence-corrected chi connectivity index (χ4v) is 4.88. The molecule has 9 nitrogen and oxygen atoms in total. The summed E-state index contributed by atoms with van der Waals surface area (Å²) in [6, 6.07) is 19.1. The SMILES string of the molecule is CC(C(=O)Nc1ccc(N(C)S(=O)(=O)c2ccccc2)c(C#Cc2ccccc2)n1)N(CC(C)(C)C)C(=O)O. The number of aromatic nitrogens is 1. The molecule has 39 heavy (non-hydrogen) atoms. The monoisotopic (exact) mass is 548 g/mol. The summed E-state index contributed by atoms with van der Waals surface area (Å²) in [6.07, 6.45) is -1.21. The van der Waals surface area contributed by atoms with E-state index in [2.05, 4.69) is 22.1 Å². The van der Waals surface area contributed by atoms with Crippen LogP contribution in [0, 0.1) is 17.3 Å². The molecule has 1 atom stereocenters. The molecule has 0 aliphatic carbocycles. The fourth-order valence-electron chi connectivity index (χ4n) is 3.65. The molecular formula is C29H32N4O5S. The second-order valence-electron chi connectivity index (χ2n) is 10.1. The molecule has 3 aromatic rings. The fraction of sp³-hybridized carbons (Fsp3) is 0.276. The van der Waals surface area contributed by atoms with Gasteiger partial charge >= 0.3 is 6.09 Å². The van der Waals surface area contributed by atoms with Crippen LogP contribution in [0.3, 0.4) is 0 Å². The van der Waals surface area contributed by atoms with E-state index in [1.807, 2.05) is 39.0 Å². The third-order valence-electron chi connectivity index (χ3n) is 5.70. The highest BCUT2D eigenvalue weighted by atomic mass is 32.2. The number of carboxylic acid groups (broad SMARTS) is 1. The van der Waals surface area contributed by atoms with E-state index in [1.54, 1.807) is 30.3 Å². The lowest BCUT2D eigenvalue weighted by Crippen LogP contribution is -2.48. The van der Waals surface area contributed by atoms with Gasteiger partial charge in [0.1, 0.15) is 17.6 Å². The van der Waals surface area contributed by atoms with Crippen LogP contribution in [-0.4, -0.2) is 55.0 Å². The number of amides is 2. The lowest BCUT2D eigenvalue weighted by atomic mass is 9.95. The first-order valence-electron chi connectivity index (χ1n) is 12.2. The Bertz CT molecular complexity index is 1490. The first kappa shape index (κ1) is 29.2. The molecule has 2 aromatic carbocycles. The maximum Gasteiger partial charge on any atom is 0.407 e. The Morgan fingerprint density at radius 3 is 2.13 bits per heavy atom. The minimum Gasteiger partial charge on any atom is -0.465 e. The summed E-state index contributed by atoms with van der Waals surface area (Å²) in [5.74, 6) is 5.44. The second-order valence-corrected chi connectivity index (χ2v) is 12.1. The van der Waals surface area contributed by atoms with E-state index in [4.69, 9.17) is 0 Å². The van der Waals surface area contributed by atoms with E-state index in [1.165, 1.54) is 38.2 Å². The highest BCUT2D eigenvalue weighted by Crippen LogP contribution is 2.26. The Kier molecular flexibility index (Phi) is 8.99. The Morgan fingerprint density at radius 2 is 1.56 bits per heavy atom. The van der Waals surface area contributed by atoms with Gasteiger partial charge in [0.15, 0.2) is 0 Å². The third-order valence-corrected chi connectivity index (χ3v) is 7.49. The van der Waals surface area contributed by atoms with Crippen molar-refractivity contribution in [1.29, 1.82) is 0 Å². The van der Waals surface area contributed by atoms with Crippen LogP contribution in [0.4, 0.5) is 16.3 Å². The Morgan fingerprint density at radius 1 is 0.974 bits per heavy atom. The predicted octanol–water partition coefficient (Wildman–Crippen LogP) is 4.66. The van der Waals surface area contributed by atoms with Crippen molar-refractivity contribution in [1.82, 2.24) is 9.88 Å². The zero-order valence-corrected chi connectivity index (χ0v) is 23.4. The smallest absolute Gasteiger partial charge is 0.407 e. The largest absolute Gasteiger partial charge is 0.465 e. The van der Waals surface area contributed by atoms with Crippen molar-refractivity contribution < 1.29 is 23.1 Å². The van der Waals surface area contributed by atoms with Crippen LogP contribution in [0.2, 0.25) is 0 Å². The van der Waals surface area contributed by atoms with Gasteiger partial charge in [-0.1, -0.05) is 63.1 Å². The lowest BCUT2D eigenvalue weighted by molar-refractivity contribution is -0.120. The topological polar surface area (TPSA) is 120 Å². The van der Waals surface area contributed by atoms with Crippen molar-refractivity contribution in [3.63, 3.8) is 0 Å². The van der Waals surface area contributed by atoms with E-state index >= 15 is 0 Å². The van der Waals surface area contributed by atoms with E-state index in [0.29, 0.717) is 5.56 Å². The van der Waals surface area contributed by atoms with E-state index in [0.717, 1.165) is 9.21 Å². The van der Waals surface area contributed by atoms with Gasteiger partial charge in [-0.25, -0.2) is 18.2 Å². The molecule has 1 aromatic heterocycles. The highest BCUT2D eigenvalue weighted by molar-refractivity contribution is 7.92. The summed E-state index contributed by atoms with van der Waals surface area (Å²) in [6.45, 7) is 7.29. The van der Waals surface area contributed by atoms with Crippen LogP contribution in [0.15, 0.2) is 77.7 Å². The summed E-state index contributed by atoms with van der Waals surface area (Å²) < 4.78 is 27.7. The first-order valence-corrected chi connectivity index (χ1v) is 13.7. The van der Waals surface area contributed by atoms with Gasteiger partial charge in [-0.2, -0.15) is 0 Å². The number of nitrogens with one attached hydrogen (secondary N) is 1. The molecule has 0 saturated heterocycles. The van der Waals surface area contributed by atoms with Gasteiger partial charge < -0.3 is 10.4 Å². The minimum atomic E-state index is -3.92. The molecule has 0 saturated carbocycles. The Labute approximate surface area is 229 Å². The normalized spacial score (nSPS) is 12.0. The third kappa shape index (κ3) is 7.58. The molecule has 0 aliphatic heterocycles. The summed E-state index contributed by atoms with van der Waals surface area (Å²) in [4.78, 5) is 30.4. The van der Waals surface area contributed by atoms with Crippen molar-refractivity contribution in [3.05, 3.63) is 84.1 Å². The molecule has 204 valence electrons. The zero-order chi connectivity index (χ0) is 28.8. The van der Waals surface area contributed by atoms with Crippen LogP contribution in [0.25, 0.3) is 0 Å². The maximum atomic E-state index is 13.3. The maximum absolute atomic E-state index is 13.3. The highest BCUT2D eigenvalue weighted by Gasteiger charge is 2.30. The zero-order valence-electron chi connectivity index (χ0n) is 22.5. The average molecular weight is 549 g/mol. The number of hydrogen-bond donors (Lipinski definition) is 2. The van der Waals surface area contributed by atoms with Gasteiger partial charge in [0.2, 0.25) is 5.91 Å². The Balaban J connectivity index is 1.99. The van der Waals surface area contributed by atoms with Crippen molar-refractivity contribution in [2.24, 2.45) is 5.41 Å². The van der Waals surface area contributed by atoms with Gasteiger partial charge in [-0.05, 0) is 54.7 Å². The van der Waals surface area contributed by atoms with Crippen molar-refractivity contribution in [2.45, 2.75) is 38.6 Å². The number of carbonyl (C=O) groups is 2. The molecule has 2 N–H and O–H groups in total. The summed E-state index contributed by atoms with van der Waals surface area (Å²) in [5.41, 5.74) is 0.674. The number of sulfonamides is 1. The van der Waals surface area contributed by atoms with Crippen molar-refractivity contribution in [3.8, 4) is 11.8 Å². The second kappa shape index (κ2) is 12.0. The van der Waals surface area contributed by atoms with Gasteiger partial charge in [-0.3, -0.25) is 14.0 Å². The summed E-state index contributed by atoms with van der Waals surface area (Å²) in [5, 5.41) is 12.3. The number of nitrogens with zero attached hydrogens (tertiary/aromatic N) is 3. The quantitative estimate of drug-likeness (QED) is 0.415. The number of carbonyl (C=O) groups excluding carboxylic acids is 1. The molecule has 0 aliphatic rings. The number of anilines is 2. The van der Waals surface area contributed by atoms with Crippen LogP contribution < -0.4 is 9.62 Å². The molecule has 0 fully saturated rings. The molecule has 0 bridgehead atoms. The number of pyridine rings is 1. The summed E-state index contributed by atoms with van der Waals surface area (Å²) >= 11 is 0. The summed E-state index contributed by atoms with van der Waals surface area (Å²) in [7, 11) is -2.51. The van der Waals surface area contributed by atoms with E-state index < -0.39 is 28.1 Å². The molecule has 2 amide bonds. The average Bonchev–Trinajstić information content (AvgIpc) is 2.90.